The van der Waals surface area contributed by atoms with Gasteiger partial charge >= 0.3 is 0 Å². The molecule has 1 fully saturated rings. The summed E-state index contributed by atoms with van der Waals surface area (Å²) in [4.78, 5) is 23.0. The summed E-state index contributed by atoms with van der Waals surface area (Å²) in [5, 5.41) is 1.87. The van der Waals surface area contributed by atoms with Crippen LogP contribution in [0.25, 0.3) is 6.08 Å². The van der Waals surface area contributed by atoms with Crippen LogP contribution in [0.2, 0.25) is 0 Å². The number of carbonyl (C=O) groups is 2. The second kappa shape index (κ2) is 6.47. The van der Waals surface area contributed by atoms with Gasteiger partial charge in [-0.15, -0.1) is 0 Å². The van der Waals surface area contributed by atoms with Gasteiger partial charge < -0.3 is 9.47 Å². The molecule has 0 saturated carbocycles. The average molecular weight is 293 g/mol. The molecule has 1 heterocycles. The summed E-state index contributed by atoms with van der Waals surface area (Å²) < 4.78 is 11.0. The SMILES string of the molecule is CCOc1ccc(C=C2SC(=O)NC2=O)c(OCC)c1. The Balaban J connectivity index is 2.33. The molecule has 1 aromatic carbocycles. The molecule has 1 N–H and O–H groups in total. The predicted octanol–water partition coefficient (Wildman–Crippen LogP) is 2.81. The van der Waals surface area contributed by atoms with Crippen molar-refractivity contribution in [3.05, 3.63) is 28.7 Å². The number of thioether (sulfide) groups is 1. The molecule has 0 spiro atoms. The van der Waals surface area contributed by atoms with Crippen molar-refractivity contribution in [3.63, 3.8) is 0 Å². The maximum Gasteiger partial charge on any atom is 0.290 e. The van der Waals surface area contributed by atoms with Crippen LogP contribution < -0.4 is 14.8 Å². The number of amides is 2. The minimum absolute atomic E-state index is 0.356. The van der Waals surface area contributed by atoms with Crippen LogP contribution in [0, 0.1) is 0 Å². The lowest BCUT2D eigenvalue weighted by Gasteiger charge is -2.10. The Labute approximate surface area is 121 Å². The van der Waals surface area contributed by atoms with Crippen LogP contribution in [0.5, 0.6) is 11.5 Å². The summed E-state index contributed by atoms with van der Waals surface area (Å²) >= 11 is 0.884. The smallest absolute Gasteiger partial charge is 0.290 e. The zero-order valence-electron chi connectivity index (χ0n) is 11.3. The van der Waals surface area contributed by atoms with E-state index in [-0.39, 0.29) is 11.1 Å². The zero-order chi connectivity index (χ0) is 14.5. The standard InChI is InChI=1S/C14H15NO4S/c1-3-18-10-6-5-9(11(8-10)19-4-2)7-12-13(16)15-14(17)20-12/h5-8H,3-4H2,1-2H3,(H,15,16,17). The lowest BCUT2D eigenvalue weighted by molar-refractivity contribution is -0.115. The summed E-state index contributed by atoms with van der Waals surface area (Å²) in [6.07, 6.45) is 1.64. The molecule has 2 rings (SSSR count). The van der Waals surface area contributed by atoms with E-state index in [2.05, 4.69) is 5.32 Å². The summed E-state index contributed by atoms with van der Waals surface area (Å²) in [7, 11) is 0. The molecule has 1 aliphatic heterocycles. The van der Waals surface area contributed by atoms with Crippen LogP contribution in [0.15, 0.2) is 23.1 Å². The van der Waals surface area contributed by atoms with Crippen LogP contribution in [0.3, 0.4) is 0 Å². The second-order valence-corrected chi connectivity index (χ2v) is 4.93. The number of ether oxygens (including phenoxy) is 2. The Bertz CT molecular complexity index is 568. The van der Waals surface area contributed by atoms with Crippen LogP contribution in [-0.2, 0) is 4.79 Å². The van der Waals surface area contributed by atoms with Crippen molar-refractivity contribution < 1.29 is 19.1 Å². The molecule has 0 aromatic heterocycles. The predicted molar refractivity (Wildman–Crippen MR) is 77.9 cm³/mol. The largest absolute Gasteiger partial charge is 0.494 e. The highest BCUT2D eigenvalue weighted by atomic mass is 32.2. The van der Waals surface area contributed by atoms with Crippen molar-refractivity contribution in [2.75, 3.05) is 13.2 Å². The molecule has 20 heavy (non-hydrogen) atoms. The van der Waals surface area contributed by atoms with Crippen molar-refractivity contribution in [1.82, 2.24) is 5.32 Å². The van der Waals surface area contributed by atoms with Gasteiger partial charge in [-0.05, 0) is 43.8 Å². The maximum absolute atomic E-state index is 11.5. The van der Waals surface area contributed by atoms with Crippen molar-refractivity contribution in [2.45, 2.75) is 13.8 Å². The van der Waals surface area contributed by atoms with Gasteiger partial charge in [-0.3, -0.25) is 14.9 Å². The van der Waals surface area contributed by atoms with Crippen LogP contribution in [0.4, 0.5) is 4.79 Å². The van der Waals surface area contributed by atoms with Gasteiger partial charge in [0, 0.05) is 11.6 Å². The average Bonchev–Trinajstić information content (AvgIpc) is 2.71. The van der Waals surface area contributed by atoms with E-state index in [4.69, 9.17) is 9.47 Å². The molecule has 5 nitrogen and oxygen atoms in total. The first kappa shape index (κ1) is 14.5. The van der Waals surface area contributed by atoms with E-state index in [0.717, 1.165) is 17.3 Å². The van der Waals surface area contributed by atoms with Crippen molar-refractivity contribution in [3.8, 4) is 11.5 Å². The molecule has 6 heteroatoms. The highest BCUT2D eigenvalue weighted by molar-refractivity contribution is 8.18. The number of imide groups is 1. The molecule has 1 aromatic rings. The van der Waals surface area contributed by atoms with Gasteiger partial charge in [-0.2, -0.15) is 0 Å². The normalized spacial score (nSPS) is 16.4. The molecule has 106 valence electrons. The summed E-state index contributed by atoms with van der Waals surface area (Å²) in [5.41, 5.74) is 0.739. The summed E-state index contributed by atoms with van der Waals surface area (Å²) in [5.74, 6) is 0.952. The van der Waals surface area contributed by atoms with Crippen molar-refractivity contribution in [1.29, 1.82) is 0 Å². The molecule has 0 atom stereocenters. The summed E-state index contributed by atoms with van der Waals surface area (Å²) in [6.45, 7) is 4.86. The van der Waals surface area contributed by atoms with Crippen LogP contribution in [0.1, 0.15) is 19.4 Å². The van der Waals surface area contributed by atoms with Gasteiger partial charge in [0.15, 0.2) is 0 Å². The highest BCUT2D eigenvalue weighted by Crippen LogP contribution is 2.31. The van der Waals surface area contributed by atoms with Gasteiger partial charge in [0.1, 0.15) is 11.5 Å². The van der Waals surface area contributed by atoms with Crippen molar-refractivity contribution in [2.24, 2.45) is 0 Å². The minimum atomic E-state index is -0.378. The molecule has 1 aliphatic rings. The Kier molecular flexibility index (Phi) is 4.68. The molecule has 0 bridgehead atoms. The third kappa shape index (κ3) is 3.33. The number of carbonyl (C=O) groups excluding carboxylic acids is 2. The Morgan fingerprint density at radius 1 is 1.20 bits per heavy atom. The second-order valence-electron chi connectivity index (χ2n) is 3.92. The zero-order valence-corrected chi connectivity index (χ0v) is 12.1. The van der Waals surface area contributed by atoms with Gasteiger partial charge in [0.25, 0.3) is 11.1 Å². The first-order chi connectivity index (χ1) is 9.63. The first-order valence-corrected chi connectivity index (χ1v) is 7.10. The van der Waals surface area contributed by atoms with E-state index in [1.165, 1.54) is 0 Å². The number of rotatable bonds is 5. The van der Waals surface area contributed by atoms with Crippen LogP contribution in [-0.4, -0.2) is 24.4 Å². The highest BCUT2D eigenvalue weighted by Gasteiger charge is 2.25. The molecular formula is C14H15NO4S. The Morgan fingerprint density at radius 3 is 2.55 bits per heavy atom. The fourth-order valence-electron chi connectivity index (χ4n) is 1.73. The van der Waals surface area contributed by atoms with Crippen LogP contribution >= 0.6 is 11.8 Å². The maximum atomic E-state index is 11.5. The van der Waals surface area contributed by atoms with E-state index < -0.39 is 0 Å². The fraction of sp³-hybridized carbons (Fsp3) is 0.286. The van der Waals surface area contributed by atoms with Gasteiger partial charge in [0.05, 0.1) is 18.1 Å². The quantitative estimate of drug-likeness (QED) is 0.846. The molecule has 0 unspecified atom stereocenters. The van der Waals surface area contributed by atoms with E-state index in [0.29, 0.717) is 29.6 Å². The molecule has 0 aliphatic carbocycles. The third-order valence-corrected chi connectivity index (χ3v) is 3.34. The van der Waals surface area contributed by atoms with Gasteiger partial charge in [0.2, 0.25) is 0 Å². The number of hydrogen-bond acceptors (Lipinski definition) is 5. The lowest BCUT2D eigenvalue weighted by Crippen LogP contribution is -2.17. The molecular weight excluding hydrogens is 278 g/mol. The number of benzene rings is 1. The number of nitrogens with one attached hydrogen (secondary N) is 1. The fourth-order valence-corrected chi connectivity index (χ4v) is 2.41. The molecule has 0 radical (unpaired) electrons. The topological polar surface area (TPSA) is 64.6 Å². The van der Waals surface area contributed by atoms with Gasteiger partial charge in [-0.25, -0.2) is 0 Å². The third-order valence-electron chi connectivity index (χ3n) is 2.52. The first-order valence-electron chi connectivity index (χ1n) is 6.28. The van der Waals surface area contributed by atoms with E-state index in [1.807, 2.05) is 13.8 Å². The minimum Gasteiger partial charge on any atom is -0.494 e. The molecule has 2 amide bonds. The number of hydrogen-bond donors (Lipinski definition) is 1. The lowest BCUT2D eigenvalue weighted by atomic mass is 10.1. The van der Waals surface area contributed by atoms with E-state index >= 15 is 0 Å². The Hall–Kier alpha value is -1.95. The van der Waals surface area contributed by atoms with E-state index in [1.54, 1.807) is 24.3 Å². The van der Waals surface area contributed by atoms with E-state index in [9.17, 15) is 9.59 Å². The Morgan fingerprint density at radius 2 is 1.95 bits per heavy atom. The monoisotopic (exact) mass is 293 g/mol. The van der Waals surface area contributed by atoms with Crippen molar-refractivity contribution >= 4 is 29.0 Å². The summed E-state index contributed by atoms with van der Waals surface area (Å²) in [6, 6.07) is 5.39. The molecule has 1 saturated heterocycles. The van der Waals surface area contributed by atoms with Gasteiger partial charge in [-0.1, -0.05) is 0 Å².